The molecule has 0 amide bonds. The van der Waals surface area contributed by atoms with Crippen LogP contribution in [-0.4, -0.2) is 20.1 Å². The number of aromatic hydroxyl groups is 1. The van der Waals surface area contributed by atoms with E-state index in [4.69, 9.17) is 0 Å². The Morgan fingerprint density at radius 2 is 2.00 bits per heavy atom. The zero-order valence-corrected chi connectivity index (χ0v) is 8.71. The van der Waals surface area contributed by atoms with Gasteiger partial charge in [0.05, 0.1) is 0 Å². The fraction of sp³-hybridized carbons (Fsp3) is 0.333. The van der Waals surface area contributed by atoms with Gasteiger partial charge in [-0.2, -0.15) is 0 Å². The lowest BCUT2D eigenvalue weighted by Crippen LogP contribution is -2.24. The molecule has 1 rings (SSSR count). The summed E-state index contributed by atoms with van der Waals surface area (Å²) in [7, 11) is -3.55. The molecule has 5 heteroatoms. The summed E-state index contributed by atoms with van der Waals surface area (Å²) in [5.41, 5.74) is 0. The minimum absolute atomic E-state index is 0.0755. The first-order chi connectivity index (χ1) is 6.58. The molecule has 1 aromatic carbocycles. The van der Waals surface area contributed by atoms with E-state index >= 15 is 0 Å². The van der Waals surface area contributed by atoms with Gasteiger partial charge >= 0.3 is 0 Å². The van der Waals surface area contributed by atoms with Crippen molar-refractivity contribution in [3.8, 4) is 5.75 Å². The third-order valence-electron chi connectivity index (χ3n) is 1.70. The second-order valence-electron chi connectivity index (χ2n) is 2.87. The topological polar surface area (TPSA) is 66.4 Å². The molecule has 0 aromatic heterocycles. The summed E-state index contributed by atoms with van der Waals surface area (Å²) in [6, 6.07) is 5.86. The van der Waals surface area contributed by atoms with Gasteiger partial charge in [0.2, 0.25) is 10.0 Å². The maximum absolute atomic E-state index is 11.5. The molecule has 0 heterocycles. The molecule has 0 atom stereocenters. The molecule has 0 aliphatic heterocycles. The van der Waals surface area contributed by atoms with Crippen molar-refractivity contribution in [3.63, 3.8) is 0 Å². The number of para-hydroxylation sites is 1. The van der Waals surface area contributed by atoms with Gasteiger partial charge in [0.25, 0.3) is 0 Å². The van der Waals surface area contributed by atoms with Gasteiger partial charge in [-0.05, 0) is 18.6 Å². The van der Waals surface area contributed by atoms with E-state index < -0.39 is 10.0 Å². The maximum atomic E-state index is 11.5. The number of phenols is 1. The molecule has 0 aliphatic carbocycles. The molecule has 1 aromatic rings. The smallest absolute Gasteiger partial charge is 0.244 e. The quantitative estimate of drug-likeness (QED) is 0.789. The number of rotatable bonds is 4. The van der Waals surface area contributed by atoms with Crippen LogP contribution >= 0.6 is 0 Å². The lowest BCUT2D eigenvalue weighted by Gasteiger charge is -2.06. The molecule has 0 spiro atoms. The first-order valence-electron chi connectivity index (χ1n) is 4.35. The Hall–Kier alpha value is -1.07. The third-order valence-corrected chi connectivity index (χ3v) is 3.21. The van der Waals surface area contributed by atoms with Crippen molar-refractivity contribution in [3.05, 3.63) is 24.3 Å². The predicted octanol–water partition coefficient (Wildman–Crippen LogP) is 1.08. The highest BCUT2D eigenvalue weighted by Crippen LogP contribution is 2.20. The van der Waals surface area contributed by atoms with E-state index in [0.717, 1.165) is 0 Å². The van der Waals surface area contributed by atoms with Crippen molar-refractivity contribution in [1.29, 1.82) is 0 Å². The van der Waals surface area contributed by atoms with Crippen molar-refractivity contribution >= 4 is 10.0 Å². The molecule has 0 bridgehead atoms. The van der Waals surface area contributed by atoms with Crippen LogP contribution in [0.5, 0.6) is 5.75 Å². The fourth-order valence-electron chi connectivity index (χ4n) is 0.999. The van der Waals surface area contributed by atoms with Crippen molar-refractivity contribution in [2.24, 2.45) is 0 Å². The highest BCUT2D eigenvalue weighted by Gasteiger charge is 2.16. The van der Waals surface area contributed by atoms with Crippen molar-refractivity contribution in [2.75, 3.05) is 6.54 Å². The number of hydrogen-bond acceptors (Lipinski definition) is 3. The molecule has 0 unspecified atom stereocenters. The van der Waals surface area contributed by atoms with Gasteiger partial charge in [-0.25, -0.2) is 13.1 Å². The molecule has 2 N–H and O–H groups in total. The van der Waals surface area contributed by atoms with E-state index in [1.54, 1.807) is 12.1 Å². The molecule has 0 aliphatic rings. The molecular formula is C9H13NO3S. The van der Waals surface area contributed by atoms with Gasteiger partial charge in [-0.3, -0.25) is 0 Å². The summed E-state index contributed by atoms with van der Waals surface area (Å²) in [5, 5.41) is 9.33. The Balaban J connectivity index is 2.99. The Morgan fingerprint density at radius 3 is 2.57 bits per heavy atom. The maximum Gasteiger partial charge on any atom is 0.244 e. The Labute approximate surface area is 83.6 Å². The molecule has 0 fully saturated rings. The van der Waals surface area contributed by atoms with Gasteiger partial charge in [-0.15, -0.1) is 0 Å². The minimum atomic E-state index is -3.55. The molecule has 78 valence electrons. The van der Waals surface area contributed by atoms with E-state index in [9.17, 15) is 13.5 Å². The van der Waals surface area contributed by atoms with Gasteiger partial charge < -0.3 is 5.11 Å². The van der Waals surface area contributed by atoms with Crippen LogP contribution in [0.2, 0.25) is 0 Å². The average Bonchev–Trinajstić information content (AvgIpc) is 2.15. The lowest BCUT2D eigenvalue weighted by atomic mass is 10.3. The zero-order valence-electron chi connectivity index (χ0n) is 7.90. The normalized spacial score (nSPS) is 11.5. The molecular weight excluding hydrogens is 202 g/mol. The van der Waals surface area contributed by atoms with Crippen LogP contribution < -0.4 is 4.72 Å². The zero-order chi connectivity index (χ0) is 10.6. The van der Waals surface area contributed by atoms with Crippen molar-refractivity contribution in [1.82, 2.24) is 4.72 Å². The van der Waals surface area contributed by atoms with Crippen LogP contribution in [0.1, 0.15) is 13.3 Å². The number of benzene rings is 1. The van der Waals surface area contributed by atoms with Crippen LogP contribution in [0.3, 0.4) is 0 Å². The number of nitrogens with one attached hydrogen (secondary N) is 1. The number of sulfonamides is 1. The molecule has 0 saturated carbocycles. The van der Waals surface area contributed by atoms with Crippen LogP contribution in [-0.2, 0) is 10.0 Å². The van der Waals surface area contributed by atoms with Gasteiger partial charge in [-0.1, -0.05) is 19.1 Å². The summed E-state index contributed by atoms with van der Waals surface area (Å²) in [6.45, 7) is 2.24. The number of hydrogen-bond donors (Lipinski definition) is 2. The largest absolute Gasteiger partial charge is 0.507 e. The Bertz CT molecular complexity index is 400. The van der Waals surface area contributed by atoms with E-state index in [0.29, 0.717) is 13.0 Å². The summed E-state index contributed by atoms with van der Waals surface area (Å²) >= 11 is 0. The number of phenolic OH excluding ortho intramolecular Hbond substituents is 1. The standard InChI is InChI=1S/C9H13NO3S/c1-2-7-10-14(12,13)9-6-4-3-5-8(9)11/h3-6,10-11H,2,7H2,1H3. The van der Waals surface area contributed by atoms with Crippen molar-refractivity contribution < 1.29 is 13.5 Å². The van der Waals surface area contributed by atoms with E-state index in [1.165, 1.54) is 12.1 Å². The monoisotopic (exact) mass is 215 g/mol. The molecule has 14 heavy (non-hydrogen) atoms. The van der Waals surface area contributed by atoms with E-state index in [2.05, 4.69) is 4.72 Å². The molecule has 0 radical (unpaired) electrons. The summed E-state index contributed by atoms with van der Waals surface area (Å²) < 4.78 is 25.5. The second kappa shape index (κ2) is 4.43. The van der Waals surface area contributed by atoms with Gasteiger partial charge in [0.15, 0.2) is 0 Å². The van der Waals surface area contributed by atoms with Crippen LogP contribution in [0, 0.1) is 0 Å². The van der Waals surface area contributed by atoms with Gasteiger partial charge in [0, 0.05) is 6.54 Å². The fourth-order valence-corrected chi connectivity index (χ4v) is 2.23. The van der Waals surface area contributed by atoms with Crippen LogP contribution in [0.15, 0.2) is 29.2 Å². The Morgan fingerprint density at radius 1 is 1.36 bits per heavy atom. The molecule has 4 nitrogen and oxygen atoms in total. The predicted molar refractivity (Wildman–Crippen MR) is 53.6 cm³/mol. The van der Waals surface area contributed by atoms with Gasteiger partial charge in [0.1, 0.15) is 10.6 Å². The molecule has 0 saturated heterocycles. The van der Waals surface area contributed by atoms with Crippen LogP contribution in [0.25, 0.3) is 0 Å². The first-order valence-corrected chi connectivity index (χ1v) is 5.84. The average molecular weight is 215 g/mol. The van der Waals surface area contributed by atoms with Crippen molar-refractivity contribution in [2.45, 2.75) is 18.2 Å². The summed E-state index contributed by atoms with van der Waals surface area (Å²) in [5.74, 6) is -0.226. The second-order valence-corrected chi connectivity index (χ2v) is 4.60. The summed E-state index contributed by atoms with van der Waals surface area (Å²) in [6.07, 6.45) is 0.715. The lowest BCUT2D eigenvalue weighted by molar-refractivity contribution is 0.458. The third kappa shape index (κ3) is 2.46. The SMILES string of the molecule is CCCNS(=O)(=O)c1ccccc1O. The Kier molecular flexibility index (Phi) is 3.49. The minimum Gasteiger partial charge on any atom is -0.507 e. The van der Waals surface area contributed by atoms with E-state index in [-0.39, 0.29) is 10.6 Å². The van der Waals surface area contributed by atoms with E-state index in [1.807, 2.05) is 6.92 Å². The summed E-state index contributed by atoms with van der Waals surface area (Å²) in [4.78, 5) is -0.0755. The highest BCUT2D eigenvalue weighted by molar-refractivity contribution is 7.89. The first kappa shape index (κ1) is 11.0. The highest BCUT2D eigenvalue weighted by atomic mass is 32.2. The van der Waals surface area contributed by atoms with Crippen LogP contribution in [0.4, 0.5) is 0 Å².